The predicted molar refractivity (Wildman–Crippen MR) is 87.0 cm³/mol. The van der Waals surface area contributed by atoms with Crippen molar-refractivity contribution in [3.63, 3.8) is 0 Å². The van der Waals surface area contributed by atoms with Crippen LogP contribution in [0, 0.1) is 0 Å². The van der Waals surface area contributed by atoms with Gasteiger partial charge in [0.15, 0.2) is 0 Å². The van der Waals surface area contributed by atoms with Gasteiger partial charge in [0, 0.05) is 11.0 Å². The Labute approximate surface area is 132 Å². The molecule has 124 valence electrons. The first-order valence-corrected chi connectivity index (χ1v) is 8.14. The van der Waals surface area contributed by atoms with Crippen molar-refractivity contribution in [3.05, 3.63) is 48.0 Å². The molecule has 3 heteroatoms. The normalized spacial score (nSPS) is 14.6. The second-order valence-corrected chi connectivity index (χ2v) is 6.19. The molecule has 0 saturated heterocycles. The van der Waals surface area contributed by atoms with E-state index in [1.165, 1.54) is 19.3 Å². The van der Waals surface area contributed by atoms with E-state index in [9.17, 15) is 13.2 Å². The van der Waals surface area contributed by atoms with E-state index >= 15 is 0 Å². The van der Waals surface area contributed by atoms with Crippen LogP contribution in [0.2, 0.25) is 0 Å². The molecule has 0 bridgehead atoms. The van der Waals surface area contributed by atoms with E-state index in [-0.39, 0.29) is 0 Å². The number of benzene rings is 1. The van der Waals surface area contributed by atoms with Crippen molar-refractivity contribution < 1.29 is 13.2 Å². The zero-order valence-corrected chi connectivity index (χ0v) is 13.7. The van der Waals surface area contributed by atoms with E-state index in [0.29, 0.717) is 12.0 Å². The van der Waals surface area contributed by atoms with Crippen LogP contribution in [-0.4, -0.2) is 6.18 Å². The van der Waals surface area contributed by atoms with Crippen molar-refractivity contribution in [2.45, 2.75) is 70.4 Å². The van der Waals surface area contributed by atoms with Gasteiger partial charge in [0.05, 0.1) is 0 Å². The molecule has 0 fully saturated rings. The van der Waals surface area contributed by atoms with Gasteiger partial charge >= 0.3 is 6.18 Å². The van der Waals surface area contributed by atoms with Crippen molar-refractivity contribution >= 4 is 0 Å². The zero-order valence-electron chi connectivity index (χ0n) is 13.7. The summed E-state index contributed by atoms with van der Waals surface area (Å²) in [6, 6.07) is 8.95. The molecule has 0 saturated carbocycles. The molecule has 0 aromatic heterocycles. The summed E-state index contributed by atoms with van der Waals surface area (Å²) in [5.74, 6) is 0. The molecule has 0 amide bonds. The Morgan fingerprint density at radius 2 is 1.50 bits per heavy atom. The largest absolute Gasteiger partial charge is 0.412 e. The highest BCUT2D eigenvalue weighted by Crippen LogP contribution is 2.44. The van der Waals surface area contributed by atoms with Crippen LogP contribution in [0.15, 0.2) is 42.5 Å². The molecular formula is C19H27F3. The molecule has 1 atom stereocenters. The van der Waals surface area contributed by atoms with Gasteiger partial charge < -0.3 is 0 Å². The fourth-order valence-corrected chi connectivity index (χ4v) is 2.85. The third kappa shape index (κ3) is 5.19. The molecule has 0 N–H and O–H groups in total. The second-order valence-electron chi connectivity index (χ2n) is 6.19. The summed E-state index contributed by atoms with van der Waals surface area (Å²) in [6.45, 7) is 7.20. The zero-order chi connectivity index (χ0) is 16.6. The first kappa shape index (κ1) is 18.8. The Bertz CT molecular complexity index is 447. The summed E-state index contributed by atoms with van der Waals surface area (Å²) in [7, 11) is 0. The van der Waals surface area contributed by atoms with Crippen LogP contribution in [-0.2, 0) is 5.41 Å². The lowest BCUT2D eigenvalue weighted by atomic mass is 9.72. The summed E-state index contributed by atoms with van der Waals surface area (Å²) < 4.78 is 39.6. The van der Waals surface area contributed by atoms with Gasteiger partial charge in [-0.3, -0.25) is 0 Å². The van der Waals surface area contributed by atoms with Gasteiger partial charge in [0.25, 0.3) is 0 Å². The van der Waals surface area contributed by atoms with Crippen LogP contribution in [0.5, 0.6) is 0 Å². The number of hydrogen-bond acceptors (Lipinski definition) is 0. The van der Waals surface area contributed by atoms with E-state index in [1.807, 2.05) is 6.07 Å². The molecule has 0 aliphatic rings. The monoisotopic (exact) mass is 312 g/mol. The summed E-state index contributed by atoms with van der Waals surface area (Å²) in [5, 5.41) is 0. The molecule has 22 heavy (non-hydrogen) atoms. The summed E-state index contributed by atoms with van der Waals surface area (Å²) >= 11 is 0. The average Bonchev–Trinajstić information content (AvgIpc) is 2.49. The van der Waals surface area contributed by atoms with Gasteiger partial charge in [-0.25, -0.2) is 0 Å². The van der Waals surface area contributed by atoms with Gasteiger partial charge in [-0.15, -0.1) is 0 Å². The molecule has 0 nitrogen and oxygen atoms in total. The number of halogens is 3. The van der Waals surface area contributed by atoms with Crippen LogP contribution < -0.4 is 0 Å². The van der Waals surface area contributed by atoms with Crippen molar-refractivity contribution in [3.8, 4) is 0 Å². The molecule has 0 heterocycles. The number of unbranched alkanes of at least 4 members (excludes halogenated alkanes) is 5. The van der Waals surface area contributed by atoms with Gasteiger partial charge in [-0.1, -0.05) is 89.3 Å². The molecule has 0 aliphatic carbocycles. The Hall–Kier alpha value is -1.25. The Morgan fingerprint density at radius 1 is 0.955 bits per heavy atom. The fourth-order valence-electron chi connectivity index (χ4n) is 2.85. The molecule has 0 aliphatic heterocycles. The number of allylic oxidation sites excluding steroid dienone is 1. The van der Waals surface area contributed by atoms with Gasteiger partial charge in [-0.2, -0.15) is 13.2 Å². The van der Waals surface area contributed by atoms with E-state index in [2.05, 4.69) is 13.5 Å². The maximum atomic E-state index is 13.2. The minimum Gasteiger partial charge on any atom is -0.166 e. The summed E-state index contributed by atoms with van der Waals surface area (Å²) in [4.78, 5) is 0. The smallest absolute Gasteiger partial charge is 0.166 e. The van der Waals surface area contributed by atoms with E-state index in [1.54, 1.807) is 31.2 Å². The van der Waals surface area contributed by atoms with Crippen molar-refractivity contribution in [2.75, 3.05) is 0 Å². The second kappa shape index (κ2) is 8.40. The van der Waals surface area contributed by atoms with E-state index in [0.717, 1.165) is 19.3 Å². The van der Waals surface area contributed by atoms with Gasteiger partial charge in [-0.05, 0) is 12.0 Å². The van der Waals surface area contributed by atoms with Crippen LogP contribution in [0.1, 0.15) is 64.4 Å². The fraction of sp³-hybridized carbons (Fsp3) is 0.579. The lowest BCUT2D eigenvalue weighted by Crippen LogP contribution is -2.32. The van der Waals surface area contributed by atoms with E-state index < -0.39 is 17.2 Å². The van der Waals surface area contributed by atoms with E-state index in [4.69, 9.17) is 0 Å². The van der Waals surface area contributed by atoms with Crippen LogP contribution in [0.3, 0.4) is 0 Å². The minimum absolute atomic E-state index is 0.488. The molecular weight excluding hydrogens is 285 g/mol. The molecule has 0 radical (unpaired) electrons. The molecule has 0 spiro atoms. The SMILES string of the molecule is C=C(C(F)(F)F)C(C)(CCCCCCCC)c1ccccc1. The quantitative estimate of drug-likeness (QED) is 0.347. The predicted octanol–water partition coefficient (Wildman–Crippen LogP) is 6.81. The maximum Gasteiger partial charge on any atom is 0.412 e. The van der Waals surface area contributed by atoms with Crippen molar-refractivity contribution in [1.29, 1.82) is 0 Å². The Morgan fingerprint density at radius 3 is 2.05 bits per heavy atom. The standard InChI is InChI=1S/C19H27F3/c1-4-5-6-7-8-12-15-18(3,16(2)19(20,21)22)17-13-10-9-11-14-17/h9-11,13-14H,2,4-8,12,15H2,1,3H3. The van der Waals surface area contributed by atoms with Crippen molar-refractivity contribution in [1.82, 2.24) is 0 Å². The number of rotatable bonds is 9. The van der Waals surface area contributed by atoms with Crippen LogP contribution in [0.25, 0.3) is 0 Å². The minimum atomic E-state index is -4.35. The number of alkyl halides is 3. The topological polar surface area (TPSA) is 0 Å². The van der Waals surface area contributed by atoms with Crippen LogP contribution in [0.4, 0.5) is 13.2 Å². The Balaban J connectivity index is 2.78. The average molecular weight is 312 g/mol. The Kier molecular flexibility index (Phi) is 7.18. The highest BCUT2D eigenvalue weighted by molar-refractivity contribution is 5.36. The first-order valence-electron chi connectivity index (χ1n) is 8.14. The maximum absolute atomic E-state index is 13.2. The van der Waals surface area contributed by atoms with Crippen LogP contribution >= 0.6 is 0 Å². The van der Waals surface area contributed by atoms with Crippen molar-refractivity contribution in [2.24, 2.45) is 0 Å². The summed E-state index contributed by atoms with van der Waals surface area (Å²) in [5.41, 5.74) is -0.977. The summed E-state index contributed by atoms with van der Waals surface area (Å²) in [6.07, 6.45) is 2.54. The van der Waals surface area contributed by atoms with Gasteiger partial charge in [0.2, 0.25) is 0 Å². The van der Waals surface area contributed by atoms with Gasteiger partial charge in [0.1, 0.15) is 0 Å². The third-order valence-electron chi connectivity index (χ3n) is 4.45. The third-order valence-corrected chi connectivity index (χ3v) is 4.45. The molecule has 1 aromatic carbocycles. The number of hydrogen-bond donors (Lipinski definition) is 0. The molecule has 1 unspecified atom stereocenters. The molecule has 1 rings (SSSR count). The highest BCUT2D eigenvalue weighted by atomic mass is 19.4. The highest BCUT2D eigenvalue weighted by Gasteiger charge is 2.44. The lowest BCUT2D eigenvalue weighted by Gasteiger charge is -2.33. The first-order chi connectivity index (χ1) is 10.3. The molecule has 1 aromatic rings. The lowest BCUT2D eigenvalue weighted by molar-refractivity contribution is -0.101.